The van der Waals surface area contributed by atoms with Crippen molar-refractivity contribution in [3.63, 3.8) is 0 Å². The highest BCUT2D eigenvalue weighted by molar-refractivity contribution is 6.32. The first-order valence-electron chi connectivity index (χ1n) is 4.67. The van der Waals surface area contributed by atoms with Crippen molar-refractivity contribution in [3.05, 3.63) is 51.8 Å². The van der Waals surface area contributed by atoms with Crippen LogP contribution in [0.15, 0.2) is 36.5 Å². The van der Waals surface area contributed by atoms with Crippen molar-refractivity contribution in [2.75, 3.05) is 0 Å². The summed E-state index contributed by atoms with van der Waals surface area (Å²) in [5, 5.41) is 20.1. The highest BCUT2D eigenvalue weighted by Crippen LogP contribution is 2.30. The van der Waals surface area contributed by atoms with Gasteiger partial charge in [-0.3, -0.25) is 10.1 Å². The van der Waals surface area contributed by atoms with E-state index in [1.807, 2.05) is 0 Å². The zero-order valence-corrected chi connectivity index (χ0v) is 9.26. The first-order chi connectivity index (χ1) is 8.08. The van der Waals surface area contributed by atoms with Crippen LogP contribution in [0.3, 0.4) is 0 Å². The number of benzene rings is 1. The molecule has 0 atom stereocenters. The molecule has 0 amide bonds. The van der Waals surface area contributed by atoms with Crippen LogP contribution in [0.1, 0.15) is 0 Å². The average Bonchev–Trinajstić information content (AvgIpc) is 2.32. The minimum absolute atomic E-state index is 0.0399. The van der Waals surface area contributed by atoms with Gasteiger partial charge < -0.3 is 5.11 Å². The van der Waals surface area contributed by atoms with Crippen LogP contribution in [0.4, 0.5) is 5.69 Å². The Balaban J connectivity index is 2.56. The van der Waals surface area contributed by atoms with Gasteiger partial charge in [-0.1, -0.05) is 23.7 Å². The maximum atomic E-state index is 10.6. The number of aromatic hydroxyl groups is 1. The van der Waals surface area contributed by atoms with Crippen molar-refractivity contribution in [3.8, 4) is 16.9 Å². The molecule has 0 spiro atoms. The monoisotopic (exact) mass is 250 g/mol. The fraction of sp³-hybridized carbons (Fsp3) is 0. The number of hydrogen-bond donors (Lipinski definition) is 1. The fourth-order valence-corrected chi connectivity index (χ4v) is 1.64. The lowest BCUT2D eigenvalue weighted by Crippen LogP contribution is -1.89. The normalized spacial score (nSPS) is 10.2. The van der Waals surface area contributed by atoms with Crippen LogP contribution in [0.2, 0.25) is 5.15 Å². The summed E-state index contributed by atoms with van der Waals surface area (Å²) in [5.74, 6) is -0.0455. The molecule has 1 aromatic carbocycles. The van der Waals surface area contributed by atoms with Gasteiger partial charge in [-0.25, -0.2) is 4.98 Å². The molecule has 0 aliphatic heterocycles. The number of nitro benzene ring substituents is 1. The highest BCUT2D eigenvalue weighted by Gasteiger charge is 2.10. The van der Waals surface area contributed by atoms with Gasteiger partial charge in [0.15, 0.2) is 0 Å². The van der Waals surface area contributed by atoms with E-state index >= 15 is 0 Å². The SMILES string of the molecule is O=[N+]([O-])c1cccc(-c2cc(O)cnc2Cl)c1. The lowest BCUT2D eigenvalue weighted by atomic mass is 10.1. The number of pyridine rings is 1. The van der Waals surface area contributed by atoms with E-state index in [-0.39, 0.29) is 16.6 Å². The van der Waals surface area contributed by atoms with Crippen LogP contribution in [0, 0.1) is 10.1 Å². The Hall–Kier alpha value is -2.14. The Morgan fingerprint density at radius 2 is 2.12 bits per heavy atom. The quantitative estimate of drug-likeness (QED) is 0.505. The second kappa shape index (κ2) is 4.39. The van der Waals surface area contributed by atoms with E-state index in [1.54, 1.807) is 12.1 Å². The minimum Gasteiger partial charge on any atom is -0.506 e. The third-order valence-corrected chi connectivity index (χ3v) is 2.49. The molecule has 1 aromatic heterocycles. The Kier molecular flexibility index (Phi) is 2.93. The average molecular weight is 251 g/mol. The first-order valence-corrected chi connectivity index (χ1v) is 5.05. The molecule has 2 rings (SSSR count). The third kappa shape index (κ3) is 2.34. The van der Waals surface area contributed by atoms with Gasteiger partial charge in [-0.2, -0.15) is 0 Å². The molecule has 5 nitrogen and oxygen atoms in total. The summed E-state index contributed by atoms with van der Waals surface area (Å²) in [6.45, 7) is 0. The molecule has 0 fully saturated rings. The molecular formula is C11H7ClN2O3. The summed E-state index contributed by atoms with van der Waals surface area (Å²) in [4.78, 5) is 13.9. The zero-order valence-electron chi connectivity index (χ0n) is 8.50. The van der Waals surface area contributed by atoms with E-state index in [2.05, 4.69) is 4.98 Å². The standard InChI is InChI=1S/C11H7ClN2O3/c12-11-10(5-9(15)6-13-11)7-2-1-3-8(4-7)14(16)17/h1-6,15H. The van der Waals surface area contributed by atoms with Crippen molar-refractivity contribution in [2.24, 2.45) is 0 Å². The van der Waals surface area contributed by atoms with Gasteiger partial charge >= 0.3 is 0 Å². The van der Waals surface area contributed by atoms with Crippen LogP contribution < -0.4 is 0 Å². The largest absolute Gasteiger partial charge is 0.506 e. The van der Waals surface area contributed by atoms with Gasteiger partial charge in [0.2, 0.25) is 0 Å². The predicted molar refractivity (Wildman–Crippen MR) is 63.0 cm³/mol. The Labute approximate surface area is 101 Å². The number of aromatic nitrogens is 1. The Bertz CT molecular complexity index is 587. The van der Waals surface area contributed by atoms with Gasteiger partial charge in [-0.05, 0) is 11.6 Å². The molecule has 86 valence electrons. The molecule has 1 N–H and O–H groups in total. The fourth-order valence-electron chi connectivity index (χ4n) is 1.43. The maximum Gasteiger partial charge on any atom is 0.270 e. The molecular weight excluding hydrogens is 244 g/mol. The van der Waals surface area contributed by atoms with E-state index in [4.69, 9.17) is 11.6 Å². The van der Waals surface area contributed by atoms with Crippen LogP contribution in [-0.2, 0) is 0 Å². The van der Waals surface area contributed by atoms with Crippen LogP contribution >= 0.6 is 11.6 Å². The third-order valence-electron chi connectivity index (χ3n) is 2.19. The highest BCUT2D eigenvalue weighted by atomic mass is 35.5. The van der Waals surface area contributed by atoms with Crippen molar-refractivity contribution in [1.29, 1.82) is 0 Å². The van der Waals surface area contributed by atoms with Crippen LogP contribution in [0.5, 0.6) is 5.75 Å². The predicted octanol–water partition coefficient (Wildman–Crippen LogP) is 3.02. The second-order valence-corrected chi connectivity index (χ2v) is 3.70. The Morgan fingerprint density at radius 1 is 1.35 bits per heavy atom. The van der Waals surface area contributed by atoms with E-state index in [0.717, 1.165) is 0 Å². The molecule has 0 saturated carbocycles. The lowest BCUT2D eigenvalue weighted by Gasteiger charge is -2.04. The van der Waals surface area contributed by atoms with Crippen LogP contribution in [-0.4, -0.2) is 15.0 Å². The van der Waals surface area contributed by atoms with E-state index in [0.29, 0.717) is 11.1 Å². The molecule has 0 radical (unpaired) electrons. The smallest absolute Gasteiger partial charge is 0.270 e. The molecule has 0 bridgehead atoms. The van der Waals surface area contributed by atoms with Gasteiger partial charge in [0.25, 0.3) is 5.69 Å². The van der Waals surface area contributed by atoms with Crippen molar-refractivity contribution < 1.29 is 10.0 Å². The van der Waals surface area contributed by atoms with E-state index in [1.165, 1.54) is 24.4 Å². The number of halogens is 1. The molecule has 0 aliphatic rings. The van der Waals surface area contributed by atoms with Crippen molar-refractivity contribution >= 4 is 17.3 Å². The van der Waals surface area contributed by atoms with E-state index in [9.17, 15) is 15.2 Å². The number of nitrogens with zero attached hydrogens (tertiary/aromatic N) is 2. The van der Waals surface area contributed by atoms with Crippen LogP contribution in [0.25, 0.3) is 11.1 Å². The summed E-state index contributed by atoms with van der Waals surface area (Å²) >= 11 is 5.87. The molecule has 1 heterocycles. The number of rotatable bonds is 2. The first kappa shape index (κ1) is 11.3. The molecule has 2 aromatic rings. The summed E-state index contributed by atoms with van der Waals surface area (Å²) < 4.78 is 0. The molecule has 6 heteroatoms. The molecule has 0 aliphatic carbocycles. The van der Waals surface area contributed by atoms with E-state index < -0.39 is 4.92 Å². The second-order valence-electron chi connectivity index (χ2n) is 3.34. The summed E-state index contributed by atoms with van der Waals surface area (Å²) in [7, 11) is 0. The molecule has 0 unspecified atom stereocenters. The minimum atomic E-state index is -0.492. The number of nitro groups is 1. The lowest BCUT2D eigenvalue weighted by molar-refractivity contribution is -0.384. The Morgan fingerprint density at radius 3 is 2.82 bits per heavy atom. The summed E-state index contributed by atoms with van der Waals surface area (Å²) in [6, 6.07) is 7.38. The molecule has 17 heavy (non-hydrogen) atoms. The van der Waals surface area contributed by atoms with Gasteiger partial charge in [0, 0.05) is 17.7 Å². The summed E-state index contributed by atoms with van der Waals surface area (Å²) in [6.07, 6.45) is 1.21. The summed E-state index contributed by atoms with van der Waals surface area (Å²) in [5.41, 5.74) is 0.949. The van der Waals surface area contributed by atoms with Gasteiger partial charge in [0.1, 0.15) is 10.9 Å². The zero-order chi connectivity index (χ0) is 12.4. The van der Waals surface area contributed by atoms with Crippen molar-refractivity contribution in [2.45, 2.75) is 0 Å². The topological polar surface area (TPSA) is 76.3 Å². The number of hydrogen-bond acceptors (Lipinski definition) is 4. The molecule has 0 saturated heterocycles. The number of non-ortho nitro benzene ring substituents is 1. The van der Waals surface area contributed by atoms with Gasteiger partial charge in [0.05, 0.1) is 11.1 Å². The maximum absolute atomic E-state index is 10.6. The van der Waals surface area contributed by atoms with Crippen molar-refractivity contribution in [1.82, 2.24) is 4.98 Å². The van der Waals surface area contributed by atoms with Gasteiger partial charge in [-0.15, -0.1) is 0 Å².